The number of carbonyl (C=O) groups is 1. The third kappa shape index (κ3) is 1.42. The van der Waals surface area contributed by atoms with Crippen LogP contribution in [0.3, 0.4) is 0 Å². The summed E-state index contributed by atoms with van der Waals surface area (Å²) in [5, 5.41) is 9.59. The zero-order chi connectivity index (χ0) is 9.26. The standard InChI is InChI=1S/C8H6N2O2S/c11-8(12)6-5-1-4-13-7(5)10-3-2-9-6/h1-3H,4H2,(H,11,12). The first kappa shape index (κ1) is 8.25. The van der Waals surface area contributed by atoms with Crippen molar-refractivity contribution in [3.8, 4) is 0 Å². The van der Waals surface area contributed by atoms with Crippen LogP contribution >= 0.6 is 11.8 Å². The van der Waals surface area contributed by atoms with Crippen molar-refractivity contribution in [1.82, 2.24) is 0 Å². The molecule has 0 saturated heterocycles. The van der Waals surface area contributed by atoms with Gasteiger partial charge in [-0.2, -0.15) is 0 Å². The molecule has 0 unspecified atom stereocenters. The van der Waals surface area contributed by atoms with Gasteiger partial charge in [0.25, 0.3) is 0 Å². The number of hydrogen-bond donors (Lipinski definition) is 1. The van der Waals surface area contributed by atoms with Gasteiger partial charge in [-0.05, 0) is 0 Å². The summed E-state index contributed by atoms with van der Waals surface area (Å²) in [7, 11) is 0. The van der Waals surface area contributed by atoms with E-state index >= 15 is 0 Å². The van der Waals surface area contributed by atoms with Crippen LogP contribution in [0.4, 0.5) is 0 Å². The lowest BCUT2D eigenvalue weighted by atomic mass is 10.1. The van der Waals surface area contributed by atoms with Gasteiger partial charge in [-0.3, -0.25) is 0 Å². The highest BCUT2D eigenvalue weighted by molar-refractivity contribution is 8.15. The summed E-state index contributed by atoms with van der Waals surface area (Å²) in [5.74, 6) is -0.234. The maximum absolute atomic E-state index is 10.8. The monoisotopic (exact) mass is 194 g/mol. The summed E-state index contributed by atoms with van der Waals surface area (Å²) in [6, 6.07) is 0. The molecule has 0 aromatic carbocycles. The van der Waals surface area contributed by atoms with Crippen molar-refractivity contribution in [2.24, 2.45) is 9.98 Å². The second-order valence-electron chi connectivity index (χ2n) is 2.44. The van der Waals surface area contributed by atoms with Gasteiger partial charge in [-0.25, -0.2) is 14.8 Å². The van der Waals surface area contributed by atoms with E-state index in [-0.39, 0.29) is 5.71 Å². The molecule has 5 heteroatoms. The molecule has 2 aliphatic heterocycles. The number of rotatable bonds is 1. The van der Waals surface area contributed by atoms with Crippen LogP contribution in [-0.2, 0) is 4.79 Å². The predicted octanol–water partition coefficient (Wildman–Crippen LogP) is 1.07. The highest BCUT2D eigenvalue weighted by atomic mass is 32.2. The molecule has 0 radical (unpaired) electrons. The van der Waals surface area contributed by atoms with Gasteiger partial charge in [-0.15, -0.1) is 11.8 Å². The zero-order valence-corrected chi connectivity index (χ0v) is 7.41. The Bertz CT molecular complexity index is 380. The molecule has 0 bridgehead atoms. The van der Waals surface area contributed by atoms with E-state index in [0.717, 1.165) is 10.8 Å². The van der Waals surface area contributed by atoms with E-state index in [9.17, 15) is 4.79 Å². The van der Waals surface area contributed by atoms with Crippen LogP contribution in [0, 0.1) is 0 Å². The van der Waals surface area contributed by atoms with Crippen LogP contribution in [0.5, 0.6) is 0 Å². The maximum Gasteiger partial charge on any atom is 0.355 e. The van der Waals surface area contributed by atoms with Gasteiger partial charge in [0.15, 0.2) is 5.71 Å². The molecule has 2 heterocycles. The third-order valence-corrected chi connectivity index (χ3v) is 2.59. The van der Waals surface area contributed by atoms with Gasteiger partial charge in [0, 0.05) is 23.7 Å². The average molecular weight is 194 g/mol. The Hall–Kier alpha value is -1.36. The number of fused-ring (bicyclic) bond motifs is 1. The molecule has 1 N–H and O–H groups in total. The van der Waals surface area contributed by atoms with Crippen LogP contribution in [0.1, 0.15) is 0 Å². The van der Waals surface area contributed by atoms with Crippen molar-refractivity contribution in [2.75, 3.05) is 5.75 Å². The molecule has 0 aromatic heterocycles. The molecule has 4 nitrogen and oxygen atoms in total. The van der Waals surface area contributed by atoms with E-state index in [2.05, 4.69) is 9.98 Å². The predicted molar refractivity (Wildman–Crippen MR) is 52.2 cm³/mol. The molecule has 0 fully saturated rings. The van der Waals surface area contributed by atoms with Crippen molar-refractivity contribution < 1.29 is 9.90 Å². The average Bonchev–Trinajstić information content (AvgIpc) is 2.44. The molecule has 66 valence electrons. The molecule has 0 atom stereocenters. The van der Waals surface area contributed by atoms with E-state index in [4.69, 9.17) is 5.11 Å². The van der Waals surface area contributed by atoms with Crippen molar-refractivity contribution >= 4 is 28.5 Å². The second kappa shape index (κ2) is 3.18. The molecule has 0 aromatic rings. The minimum Gasteiger partial charge on any atom is -0.476 e. The molecule has 0 saturated carbocycles. The molecular weight excluding hydrogens is 188 g/mol. The van der Waals surface area contributed by atoms with E-state index < -0.39 is 5.97 Å². The number of carboxylic acids is 1. The van der Waals surface area contributed by atoms with Gasteiger partial charge in [-0.1, -0.05) is 6.08 Å². The van der Waals surface area contributed by atoms with Crippen molar-refractivity contribution in [3.63, 3.8) is 0 Å². The van der Waals surface area contributed by atoms with Gasteiger partial charge in [0.05, 0.1) is 0 Å². The number of thioether (sulfide) groups is 1. The number of aliphatic carboxylic acids is 1. The molecule has 2 aliphatic rings. The van der Waals surface area contributed by atoms with Crippen LogP contribution in [0.2, 0.25) is 0 Å². The van der Waals surface area contributed by atoms with Gasteiger partial charge in [0.1, 0.15) is 5.04 Å². The van der Waals surface area contributed by atoms with E-state index in [1.165, 1.54) is 24.2 Å². The Morgan fingerprint density at radius 2 is 2.23 bits per heavy atom. The van der Waals surface area contributed by atoms with Crippen LogP contribution in [-0.4, -0.2) is 27.6 Å². The number of nitrogens with zero attached hydrogens (tertiary/aromatic N) is 2. The Kier molecular flexibility index (Phi) is 2.02. The van der Waals surface area contributed by atoms with Gasteiger partial charge >= 0.3 is 5.97 Å². The maximum atomic E-state index is 10.8. The van der Waals surface area contributed by atoms with Crippen LogP contribution < -0.4 is 0 Å². The zero-order valence-electron chi connectivity index (χ0n) is 6.60. The molecule has 2 rings (SSSR count). The minimum atomic E-state index is -1.01. The lowest BCUT2D eigenvalue weighted by Gasteiger charge is -1.99. The first-order valence-corrected chi connectivity index (χ1v) is 4.65. The fourth-order valence-electron chi connectivity index (χ4n) is 1.12. The second-order valence-corrected chi connectivity index (χ2v) is 3.45. The fourth-order valence-corrected chi connectivity index (χ4v) is 2.00. The number of aliphatic imine (C=N–C) groups is 2. The summed E-state index contributed by atoms with van der Waals surface area (Å²) in [5.41, 5.74) is 0.722. The first-order chi connectivity index (χ1) is 6.29. The van der Waals surface area contributed by atoms with E-state index in [1.807, 2.05) is 6.08 Å². The molecule has 13 heavy (non-hydrogen) atoms. The normalized spacial score (nSPS) is 19.8. The Balaban J connectivity index is 2.47. The Morgan fingerprint density at radius 1 is 1.46 bits per heavy atom. The van der Waals surface area contributed by atoms with Crippen molar-refractivity contribution in [3.05, 3.63) is 24.0 Å². The van der Waals surface area contributed by atoms with Crippen molar-refractivity contribution in [2.45, 2.75) is 0 Å². The minimum absolute atomic E-state index is 0.0810. The first-order valence-electron chi connectivity index (χ1n) is 3.66. The summed E-state index contributed by atoms with van der Waals surface area (Å²) in [4.78, 5) is 18.7. The summed E-state index contributed by atoms with van der Waals surface area (Å²) in [6.45, 7) is 0. The highest BCUT2D eigenvalue weighted by Crippen LogP contribution is 2.24. The van der Waals surface area contributed by atoms with Gasteiger partial charge in [0.2, 0.25) is 0 Å². The SMILES string of the molecule is O=C(O)C1=NC=CN=C2SCC=C21. The third-order valence-electron chi connectivity index (χ3n) is 1.66. The van der Waals surface area contributed by atoms with E-state index in [0.29, 0.717) is 5.57 Å². The lowest BCUT2D eigenvalue weighted by molar-refractivity contribution is -0.129. The lowest BCUT2D eigenvalue weighted by Crippen LogP contribution is -2.17. The van der Waals surface area contributed by atoms with Crippen molar-refractivity contribution in [1.29, 1.82) is 0 Å². The van der Waals surface area contributed by atoms with Crippen LogP contribution in [0.25, 0.3) is 0 Å². The largest absolute Gasteiger partial charge is 0.476 e. The smallest absolute Gasteiger partial charge is 0.355 e. The topological polar surface area (TPSA) is 62.0 Å². The van der Waals surface area contributed by atoms with Crippen LogP contribution in [0.15, 0.2) is 34.0 Å². The molecule has 0 amide bonds. The summed E-state index contributed by atoms with van der Waals surface area (Å²) >= 11 is 1.52. The Labute approximate surface area is 78.8 Å². The number of carboxylic acid groups (broad SMARTS) is 1. The molecule has 0 spiro atoms. The fraction of sp³-hybridized carbons (Fsp3) is 0.125. The summed E-state index contributed by atoms with van der Waals surface area (Å²) in [6.07, 6.45) is 4.75. The van der Waals surface area contributed by atoms with E-state index in [1.54, 1.807) is 0 Å². The summed E-state index contributed by atoms with van der Waals surface area (Å²) < 4.78 is 0. The molecular formula is C8H6N2O2S. The Morgan fingerprint density at radius 3 is 3.00 bits per heavy atom. The number of hydrogen-bond acceptors (Lipinski definition) is 4. The quantitative estimate of drug-likeness (QED) is 0.679. The molecule has 0 aliphatic carbocycles. The highest BCUT2D eigenvalue weighted by Gasteiger charge is 2.24. The van der Waals surface area contributed by atoms with Gasteiger partial charge < -0.3 is 5.11 Å².